The number of phenols is 1. The molecule has 0 saturated heterocycles. The molecule has 3 rings (SSSR count). The maximum atomic E-state index is 10.1. The summed E-state index contributed by atoms with van der Waals surface area (Å²) in [5.74, 6) is 0.599. The minimum atomic E-state index is 0.196. The standard InChI is InChI=1S/C17H15N3O/c1-11-9-12(2)20-17(19-11)18-10-15-14-6-4-3-5-13(14)7-8-16(15)21/h3-10,21H,1-2H3/b18-10+. The first-order valence-corrected chi connectivity index (χ1v) is 6.70. The summed E-state index contributed by atoms with van der Waals surface area (Å²) in [5, 5.41) is 12.1. The monoisotopic (exact) mass is 277 g/mol. The number of benzene rings is 2. The van der Waals surface area contributed by atoms with E-state index in [1.807, 2.05) is 50.2 Å². The minimum Gasteiger partial charge on any atom is -0.507 e. The number of aryl methyl sites for hydroxylation is 2. The van der Waals surface area contributed by atoms with Crippen LogP contribution in [0, 0.1) is 13.8 Å². The molecule has 0 aliphatic rings. The van der Waals surface area contributed by atoms with Gasteiger partial charge in [-0.25, -0.2) is 15.0 Å². The number of hydrogen-bond acceptors (Lipinski definition) is 4. The van der Waals surface area contributed by atoms with Crippen molar-refractivity contribution < 1.29 is 5.11 Å². The molecule has 4 nitrogen and oxygen atoms in total. The van der Waals surface area contributed by atoms with Crippen molar-refractivity contribution in [3.05, 3.63) is 59.4 Å². The van der Waals surface area contributed by atoms with E-state index in [0.29, 0.717) is 11.5 Å². The van der Waals surface area contributed by atoms with Gasteiger partial charge in [-0.05, 0) is 36.8 Å². The number of nitrogens with zero attached hydrogens (tertiary/aromatic N) is 3. The first kappa shape index (κ1) is 13.2. The fourth-order valence-corrected chi connectivity index (χ4v) is 2.31. The van der Waals surface area contributed by atoms with Crippen LogP contribution < -0.4 is 0 Å². The molecule has 1 heterocycles. The van der Waals surface area contributed by atoms with Crippen LogP contribution in [0.15, 0.2) is 47.5 Å². The number of aliphatic imine (C=N–C) groups is 1. The third-order valence-corrected chi connectivity index (χ3v) is 3.23. The van der Waals surface area contributed by atoms with Gasteiger partial charge in [0.1, 0.15) is 5.75 Å². The minimum absolute atomic E-state index is 0.196. The van der Waals surface area contributed by atoms with Crippen LogP contribution in [0.1, 0.15) is 17.0 Å². The molecule has 1 N–H and O–H groups in total. The largest absolute Gasteiger partial charge is 0.507 e. The Bertz CT molecular complexity index is 820. The number of aromatic nitrogens is 2. The Morgan fingerprint density at radius 2 is 1.71 bits per heavy atom. The smallest absolute Gasteiger partial charge is 0.249 e. The Hall–Kier alpha value is -2.75. The van der Waals surface area contributed by atoms with Gasteiger partial charge in [0.05, 0.1) is 0 Å². The molecule has 1 aromatic heterocycles. The molecule has 0 radical (unpaired) electrons. The number of hydrogen-bond donors (Lipinski definition) is 1. The van der Waals surface area contributed by atoms with Gasteiger partial charge in [0.15, 0.2) is 0 Å². The molecule has 0 unspecified atom stereocenters. The lowest BCUT2D eigenvalue weighted by molar-refractivity contribution is 0.475. The molecule has 0 bridgehead atoms. The van der Waals surface area contributed by atoms with E-state index in [2.05, 4.69) is 15.0 Å². The Morgan fingerprint density at radius 3 is 2.48 bits per heavy atom. The molecule has 0 aliphatic heterocycles. The molecule has 3 aromatic rings. The van der Waals surface area contributed by atoms with Crippen LogP contribution in [0.2, 0.25) is 0 Å². The summed E-state index contributed by atoms with van der Waals surface area (Å²) in [7, 11) is 0. The fraction of sp³-hybridized carbons (Fsp3) is 0.118. The van der Waals surface area contributed by atoms with E-state index in [-0.39, 0.29) is 5.75 Å². The van der Waals surface area contributed by atoms with Crippen molar-refractivity contribution in [3.63, 3.8) is 0 Å². The molecule has 4 heteroatoms. The number of rotatable bonds is 2. The van der Waals surface area contributed by atoms with E-state index in [9.17, 15) is 5.11 Å². The van der Waals surface area contributed by atoms with Crippen LogP contribution in [-0.4, -0.2) is 21.3 Å². The highest BCUT2D eigenvalue weighted by molar-refractivity contribution is 6.02. The predicted molar refractivity (Wildman–Crippen MR) is 84.4 cm³/mol. The first-order valence-electron chi connectivity index (χ1n) is 6.70. The first-order chi connectivity index (χ1) is 10.1. The van der Waals surface area contributed by atoms with Crippen LogP contribution >= 0.6 is 0 Å². The average molecular weight is 277 g/mol. The molecule has 0 saturated carbocycles. The number of aromatic hydroxyl groups is 1. The van der Waals surface area contributed by atoms with Crippen molar-refractivity contribution in [2.75, 3.05) is 0 Å². The normalized spacial score (nSPS) is 11.3. The maximum Gasteiger partial charge on any atom is 0.249 e. The SMILES string of the molecule is Cc1cc(C)nc(/N=C/c2c(O)ccc3ccccc23)n1. The predicted octanol–water partition coefficient (Wildman–Crippen LogP) is 3.70. The molecule has 104 valence electrons. The van der Waals surface area contributed by atoms with E-state index < -0.39 is 0 Å². The Morgan fingerprint density at radius 1 is 1.00 bits per heavy atom. The van der Waals surface area contributed by atoms with Gasteiger partial charge in [-0.3, -0.25) is 0 Å². The summed E-state index contributed by atoms with van der Waals surface area (Å²) >= 11 is 0. The van der Waals surface area contributed by atoms with E-state index in [1.165, 1.54) is 0 Å². The van der Waals surface area contributed by atoms with Crippen LogP contribution in [0.3, 0.4) is 0 Å². The summed E-state index contributed by atoms with van der Waals surface area (Å²) in [6.45, 7) is 3.81. The highest BCUT2D eigenvalue weighted by atomic mass is 16.3. The lowest BCUT2D eigenvalue weighted by Crippen LogP contribution is -1.91. The van der Waals surface area contributed by atoms with E-state index in [4.69, 9.17) is 0 Å². The highest BCUT2D eigenvalue weighted by Crippen LogP contribution is 2.25. The summed E-state index contributed by atoms with van der Waals surface area (Å²) in [4.78, 5) is 12.8. The van der Waals surface area contributed by atoms with Crippen molar-refractivity contribution in [2.24, 2.45) is 4.99 Å². The van der Waals surface area contributed by atoms with Crippen LogP contribution in [0.25, 0.3) is 10.8 Å². The molecule has 0 fully saturated rings. The average Bonchev–Trinajstić information content (AvgIpc) is 2.45. The highest BCUT2D eigenvalue weighted by Gasteiger charge is 2.05. The van der Waals surface area contributed by atoms with Gasteiger partial charge in [-0.1, -0.05) is 30.3 Å². The third-order valence-electron chi connectivity index (χ3n) is 3.23. The topological polar surface area (TPSA) is 58.4 Å². The molecular formula is C17H15N3O. The van der Waals surface area contributed by atoms with Crippen molar-refractivity contribution in [3.8, 4) is 5.75 Å². The van der Waals surface area contributed by atoms with Crippen molar-refractivity contribution in [1.82, 2.24) is 9.97 Å². The third kappa shape index (κ3) is 2.74. The molecular weight excluding hydrogens is 262 g/mol. The van der Waals surface area contributed by atoms with E-state index in [0.717, 1.165) is 22.2 Å². The zero-order chi connectivity index (χ0) is 14.8. The maximum absolute atomic E-state index is 10.1. The molecule has 0 aliphatic carbocycles. The zero-order valence-corrected chi connectivity index (χ0v) is 11.9. The molecule has 21 heavy (non-hydrogen) atoms. The van der Waals surface area contributed by atoms with E-state index in [1.54, 1.807) is 12.3 Å². The molecule has 2 aromatic carbocycles. The van der Waals surface area contributed by atoms with Gasteiger partial charge >= 0.3 is 0 Å². The van der Waals surface area contributed by atoms with Gasteiger partial charge in [0.25, 0.3) is 0 Å². The van der Waals surface area contributed by atoms with Crippen LogP contribution in [-0.2, 0) is 0 Å². The van der Waals surface area contributed by atoms with E-state index >= 15 is 0 Å². The Kier molecular flexibility index (Phi) is 3.36. The Balaban J connectivity index is 2.08. The molecule has 0 spiro atoms. The summed E-state index contributed by atoms with van der Waals surface area (Å²) in [6.07, 6.45) is 1.62. The van der Waals surface area contributed by atoms with Crippen molar-refractivity contribution in [2.45, 2.75) is 13.8 Å². The second-order valence-electron chi connectivity index (χ2n) is 4.93. The lowest BCUT2D eigenvalue weighted by Gasteiger charge is -2.04. The lowest BCUT2D eigenvalue weighted by atomic mass is 10.0. The second kappa shape index (κ2) is 5.32. The van der Waals surface area contributed by atoms with Crippen LogP contribution in [0.5, 0.6) is 5.75 Å². The van der Waals surface area contributed by atoms with Gasteiger partial charge in [0.2, 0.25) is 5.95 Å². The van der Waals surface area contributed by atoms with Crippen LogP contribution in [0.4, 0.5) is 5.95 Å². The van der Waals surface area contributed by atoms with Crippen molar-refractivity contribution in [1.29, 1.82) is 0 Å². The summed E-state index contributed by atoms with van der Waals surface area (Å²) in [6, 6.07) is 13.3. The van der Waals surface area contributed by atoms with Gasteiger partial charge in [-0.15, -0.1) is 0 Å². The quantitative estimate of drug-likeness (QED) is 0.726. The summed E-state index contributed by atoms with van der Waals surface area (Å²) in [5.41, 5.74) is 2.42. The zero-order valence-electron chi connectivity index (χ0n) is 11.9. The van der Waals surface area contributed by atoms with Gasteiger partial charge in [0, 0.05) is 23.2 Å². The summed E-state index contributed by atoms with van der Waals surface area (Å²) < 4.78 is 0. The number of phenolic OH excluding ortho intramolecular Hbond substituents is 1. The molecule has 0 amide bonds. The Labute approximate surface area is 122 Å². The number of fused-ring (bicyclic) bond motifs is 1. The second-order valence-corrected chi connectivity index (χ2v) is 4.93. The fourth-order valence-electron chi connectivity index (χ4n) is 2.31. The van der Waals surface area contributed by atoms with Gasteiger partial charge in [-0.2, -0.15) is 0 Å². The van der Waals surface area contributed by atoms with Crippen molar-refractivity contribution >= 4 is 22.9 Å². The van der Waals surface area contributed by atoms with Gasteiger partial charge < -0.3 is 5.11 Å². The molecule has 0 atom stereocenters.